The van der Waals surface area contributed by atoms with Crippen molar-refractivity contribution in [3.8, 4) is 0 Å². The number of pyridine rings is 1. The highest BCUT2D eigenvalue weighted by atomic mass is 32.2. The summed E-state index contributed by atoms with van der Waals surface area (Å²) in [6, 6.07) is 13.8. The number of aromatic nitrogens is 2. The smallest absolute Gasteiger partial charge is 0.247 e. The molecule has 2 aromatic carbocycles. The van der Waals surface area contributed by atoms with E-state index in [1.54, 1.807) is 41.6 Å². The summed E-state index contributed by atoms with van der Waals surface area (Å²) in [5.74, 6) is -0.264. The predicted molar refractivity (Wildman–Crippen MR) is 143 cm³/mol. The normalized spacial score (nSPS) is 16.5. The van der Waals surface area contributed by atoms with Crippen LogP contribution in [0.25, 0.3) is 10.2 Å². The van der Waals surface area contributed by atoms with E-state index in [1.165, 1.54) is 15.6 Å². The molecule has 1 saturated heterocycles. The quantitative estimate of drug-likeness (QED) is 0.357. The number of amides is 1. The Labute approximate surface area is 215 Å². The molecule has 7 nitrogen and oxygen atoms in total. The van der Waals surface area contributed by atoms with Crippen LogP contribution in [0.15, 0.2) is 65.8 Å². The third-order valence-electron chi connectivity index (χ3n) is 6.67. The summed E-state index contributed by atoms with van der Waals surface area (Å²) in [5, 5.41) is 0.559. The standard InChI is InChI=1S/C27H28N4O3S2/c1-18-8-10-22(11-9-18)36(33,34)31-13-5-7-24(31)26(32)30(17-21-6-4-12-28-16-21)27-29-23-14-19(2)20(3)15-25(23)35-27/h4,6,8-12,14-16,24H,5,7,13,17H2,1-3H3/t24-/m1/s1. The molecule has 2 aromatic heterocycles. The Kier molecular flexibility index (Phi) is 6.63. The molecule has 4 aromatic rings. The lowest BCUT2D eigenvalue weighted by Gasteiger charge is -2.28. The molecule has 5 rings (SSSR count). The molecule has 0 unspecified atom stereocenters. The van der Waals surface area contributed by atoms with Crippen molar-refractivity contribution in [2.24, 2.45) is 0 Å². The average Bonchev–Trinajstić information content (AvgIpc) is 3.51. The minimum Gasteiger partial charge on any atom is -0.282 e. The number of anilines is 1. The molecule has 0 saturated carbocycles. The van der Waals surface area contributed by atoms with E-state index in [0.717, 1.165) is 32.5 Å². The molecule has 9 heteroatoms. The second-order valence-electron chi connectivity index (χ2n) is 9.27. The van der Waals surface area contributed by atoms with Crippen LogP contribution in [0.5, 0.6) is 0 Å². The molecule has 1 fully saturated rings. The van der Waals surface area contributed by atoms with Gasteiger partial charge in [-0.2, -0.15) is 4.31 Å². The van der Waals surface area contributed by atoms with E-state index < -0.39 is 16.1 Å². The van der Waals surface area contributed by atoms with Gasteiger partial charge >= 0.3 is 0 Å². The summed E-state index contributed by atoms with van der Waals surface area (Å²) in [6.45, 7) is 6.58. The number of hydrogen-bond acceptors (Lipinski definition) is 6. The Hall–Kier alpha value is -3.14. The van der Waals surface area contributed by atoms with Crippen LogP contribution in [0.4, 0.5) is 5.13 Å². The first-order valence-corrected chi connectivity index (χ1v) is 14.2. The predicted octanol–water partition coefficient (Wildman–Crippen LogP) is 5.00. The maximum atomic E-state index is 14.1. The third kappa shape index (κ3) is 4.66. The summed E-state index contributed by atoms with van der Waals surface area (Å²) in [4.78, 5) is 24.9. The average molecular weight is 521 g/mol. The van der Waals surface area contributed by atoms with Gasteiger partial charge in [0.25, 0.3) is 0 Å². The molecule has 186 valence electrons. The highest BCUT2D eigenvalue weighted by Crippen LogP contribution is 2.34. The largest absolute Gasteiger partial charge is 0.282 e. The number of rotatable bonds is 6. The van der Waals surface area contributed by atoms with Crippen LogP contribution in [-0.4, -0.2) is 41.2 Å². The molecule has 3 heterocycles. The van der Waals surface area contributed by atoms with E-state index >= 15 is 0 Å². The Balaban J connectivity index is 1.53. The van der Waals surface area contributed by atoms with E-state index in [1.807, 2.05) is 32.0 Å². The highest BCUT2D eigenvalue weighted by molar-refractivity contribution is 7.89. The third-order valence-corrected chi connectivity index (χ3v) is 9.63. The fraction of sp³-hybridized carbons (Fsp3) is 0.296. The van der Waals surface area contributed by atoms with Gasteiger partial charge in [0.05, 0.1) is 21.7 Å². The number of thiazole rings is 1. The number of carbonyl (C=O) groups is 1. The second-order valence-corrected chi connectivity index (χ2v) is 12.2. The molecular formula is C27H28N4O3S2. The van der Waals surface area contributed by atoms with Crippen molar-refractivity contribution in [2.75, 3.05) is 11.4 Å². The van der Waals surface area contributed by atoms with Crippen LogP contribution < -0.4 is 4.90 Å². The second kappa shape index (κ2) is 9.72. The van der Waals surface area contributed by atoms with Crippen LogP contribution in [-0.2, 0) is 21.4 Å². The minimum atomic E-state index is -3.82. The van der Waals surface area contributed by atoms with E-state index in [4.69, 9.17) is 4.98 Å². The van der Waals surface area contributed by atoms with Crippen molar-refractivity contribution in [1.29, 1.82) is 0 Å². The lowest BCUT2D eigenvalue weighted by Crippen LogP contribution is -2.47. The van der Waals surface area contributed by atoms with E-state index in [9.17, 15) is 13.2 Å². The summed E-state index contributed by atoms with van der Waals surface area (Å²) in [5.41, 5.74) is 4.96. The van der Waals surface area contributed by atoms with Gasteiger partial charge in [0.2, 0.25) is 15.9 Å². The van der Waals surface area contributed by atoms with Crippen molar-refractivity contribution in [3.63, 3.8) is 0 Å². The Morgan fingerprint density at radius 3 is 2.58 bits per heavy atom. The van der Waals surface area contributed by atoms with Crippen molar-refractivity contribution >= 4 is 42.6 Å². The van der Waals surface area contributed by atoms with E-state index in [-0.39, 0.29) is 17.3 Å². The molecule has 0 bridgehead atoms. The Morgan fingerprint density at radius 1 is 1.11 bits per heavy atom. The SMILES string of the molecule is Cc1ccc(S(=O)(=O)N2CCC[C@@H]2C(=O)N(Cc2cccnc2)c2nc3cc(C)c(C)cc3s2)cc1. The summed E-state index contributed by atoms with van der Waals surface area (Å²) >= 11 is 1.45. The van der Waals surface area contributed by atoms with Crippen molar-refractivity contribution < 1.29 is 13.2 Å². The topological polar surface area (TPSA) is 83.5 Å². The first kappa shape index (κ1) is 24.5. The number of sulfonamides is 1. The van der Waals surface area contributed by atoms with Crippen LogP contribution >= 0.6 is 11.3 Å². The van der Waals surface area contributed by atoms with Crippen molar-refractivity contribution in [3.05, 3.63) is 83.2 Å². The number of carbonyl (C=O) groups excluding carboxylic acids is 1. The number of benzene rings is 2. The van der Waals surface area contributed by atoms with Gasteiger partial charge in [-0.1, -0.05) is 35.1 Å². The maximum Gasteiger partial charge on any atom is 0.247 e. The Morgan fingerprint density at radius 2 is 1.86 bits per heavy atom. The van der Waals surface area contributed by atoms with Gasteiger partial charge in [0, 0.05) is 18.9 Å². The first-order chi connectivity index (χ1) is 17.2. The number of nitrogens with zero attached hydrogens (tertiary/aromatic N) is 4. The summed E-state index contributed by atoms with van der Waals surface area (Å²) in [7, 11) is -3.82. The van der Waals surface area contributed by atoms with Crippen LogP contribution in [0.2, 0.25) is 0 Å². The molecule has 0 radical (unpaired) electrons. The molecule has 0 spiro atoms. The van der Waals surface area contributed by atoms with Crippen LogP contribution in [0.3, 0.4) is 0 Å². The van der Waals surface area contributed by atoms with E-state index in [2.05, 4.69) is 18.0 Å². The van der Waals surface area contributed by atoms with Gasteiger partial charge < -0.3 is 0 Å². The molecule has 0 N–H and O–H groups in total. The van der Waals surface area contributed by atoms with Crippen molar-refractivity contribution in [2.45, 2.75) is 51.1 Å². The van der Waals surface area contributed by atoms with Gasteiger partial charge in [0.1, 0.15) is 6.04 Å². The van der Waals surface area contributed by atoms with Crippen molar-refractivity contribution in [1.82, 2.24) is 14.3 Å². The van der Waals surface area contributed by atoms with Gasteiger partial charge in [-0.25, -0.2) is 13.4 Å². The zero-order valence-electron chi connectivity index (χ0n) is 20.5. The summed E-state index contributed by atoms with van der Waals surface area (Å²) < 4.78 is 29.4. The molecule has 0 aliphatic carbocycles. The van der Waals surface area contributed by atoms with E-state index in [0.29, 0.717) is 24.5 Å². The number of aryl methyl sites for hydroxylation is 3. The first-order valence-electron chi connectivity index (χ1n) is 11.9. The van der Waals surface area contributed by atoms with Gasteiger partial charge in [0.15, 0.2) is 5.13 Å². The molecular weight excluding hydrogens is 492 g/mol. The molecule has 1 aliphatic rings. The lowest BCUT2D eigenvalue weighted by molar-refractivity contribution is -0.121. The van der Waals surface area contributed by atoms with Gasteiger partial charge in [-0.3, -0.25) is 14.7 Å². The number of hydrogen-bond donors (Lipinski definition) is 0. The van der Waals surface area contributed by atoms with Gasteiger partial charge in [-0.05, 0) is 80.6 Å². The van der Waals surface area contributed by atoms with Crippen LogP contribution in [0, 0.1) is 20.8 Å². The van der Waals surface area contributed by atoms with Crippen LogP contribution in [0.1, 0.15) is 35.1 Å². The Bertz CT molecular complexity index is 1480. The highest BCUT2D eigenvalue weighted by Gasteiger charge is 2.42. The molecule has 1 aliphatic heterocycles. The molecule has 1 amide bonds. The fourth-order valence-corrected chi connectivity index (χ4v) is 7.20. The molecule has 1 atom stereocenters. The maximum absolute atomic E-state index is 14.1. The fourth-order valence-electron chi connectivity index (χ4n) is 4.50. The zero-order valence-corrected chi connectivity index (χ0v) is 22.1. The molecule has 36 heavy (non-hydrogen) atoms. The minimum absolute atomic E-state index is 0.206. The van der Waals surface area contributed by atoms with Gasteiger partial charge in [-0.15, -0.1) is 0 Å². The zero-order chi connectivity index (χ0) is 25.4. The monoisotopic (exact) mass is 520 g/mol. The number of fused-ring (bicyclic) bond motifs is 1. The lowest BCUT2D eigenvalue weighted by atomic mass is 10.1. The summed E-state index contributed by atoms with van der Waals surface area (Å²) in [6.07, 6.45) is 4.50.